The van der Waals surface area contributed by atoms with Gasteiger partial charge in [-0.3, -0.25) is 4.40 Å². The number of ether oxygens (including phenoxy) is 1. The van der Waals surface area contributed by atoms with Crippen LogP contribution < -0.4 is 22.1 Å². The SMILES string of the molecule is N/C(=C\C=C(/N)N1CCOCC1)c1ccn2c(-c3cccc(NC(=O)NCC(F)(F)F)c3)cnc2c1. The minimum Gasteiger partial charge on any atom is -0.398 e. The lowest BCUT2D eigenvalue weighted by Gasteiger charge is -2.28. The van der Waals surface area contributed by atoms with E-state index in [1.54, 1.807) is 41.9 Å². The van der Waals surface area contributed by atoms with Crippen molar-refractivity contribution in [2.45, 2.75) is 6.18 Å². The van der Waals surface area contributed by atoms with Crippen molar-refractivity contribution in [3.05, 3.63) is 72.3 Å². The van der Waals surface area contributed by atoms with Gasteiger partial charge in [-0.05, 0) is 36.4 Å². The van der Waals surface area contributed by atoms with Crippen molar-refractivity contribution in [2.75, 3.05) is 38.2 Å². The fourth-order valence-corrected chi connectivity index (χ4v) is 3.68. The summed E-state index contributed by atoms with van der Waals surface area (Å²) in [5.41, 5.74) is 16.1. The number of pyridine rings is 1. The van der Waals surface area contributed by atoms with Crippen molar-refractivity contribution in [1.29, 1.82) is 0 Å². The first kappa shape index (κ1) is 24.9. The number of amides is 2. The first-order valence-electron chi connectivity index (χ1n) is 11.1. The van der Waals surface area contributed by atoms with Crippen LogP contribution in [0.2, 0.25) is 0 Å². The van der Waals surface area contributed by atoms with Gasteiger partial charge in [0.25, 0.3) is 0 Å². The van der Waals surface area contributed by atoms with Crippen LogP contribution in [-0.4, -0.2) is 59.3 Å². The summed E-state index contributed by atoms with van der Waals surface area (Å²) in [6.07, 6.45) is 2.51. The number of aromatic nitrogens is 2. The maximum absolute atomic E-state index is 12.3. The highest BCUT2D eigenvalue weighted by molar-refractivity contribution is 5.90. The Morgan fingerprint density at radius 3 is 2.67 bits per heavy atom. The van der Waals surface area contributed by atoms with Gasteiger partial charge in [-0.2, -0.15) is 13.2 Å². The second-order valence-corrected chi connectivity index (χ2v) is 8.10. The molecule has 0 spiro atoms. The average molecular weight is 502 g/mol. The fraction of sp³-hybridized carbons (Fsp3) is 0.250. The van der Waals surface area contributed by atoms with Gasteiger partial charge in [-0.15, -0.1) is 0 Å². The number of nitrogens with two attached hydrogens (primary N) is 2. The molecule has 1 aliphatic heterocycles. The van der Waals surface area contributed by atoms with Gasteiger partial charge in [0.1, 0.15) is 12.2 Å². The standard InChI is InChI=1S/C24H26F3N7O2/c25-24(26,27)15-31-23(35)32-18-3-1-2-17(12-18)20-14-30-22-13-16(6-7-34(20)22)19(28)4-5-21(29)33-8-10-36-11-9-33/h1-7,12-14H,8-11,15,28-29H2,(H2,31,32,35)/b19-4-,21-5+. The number of hydrogen-bond acceptors (Lipinski definition) is 6. The molecule has 0 unspecified atom stereocenters. The van der Waals surface area contributed by atoms with E-state index >= 15 is 0 Å². The molecule has 6 N–H and O–H groups in total. The number of alkyl halides is 3. The zero-order valence-corrected chi connectivity index (χ0v) is 19.3. The van der Waals surface area contributed by atoms with Gasteiger partial charge in [0.15, 0.2) is 0 Å². The zero-order valence-electron chi connectivity index (χ0n) is 19.3. The Hall–Kier alpha value is -4.19. The van der Waals surface area contributed by atoms with Gasteiger partial charge in [-0.1, -0.05) is 12.1 Å². The van der Waals surface area contributed by atoms with Crippen LogP contribution in [0.5, 0.6) is 0 Å². The number of allylic oxidation sites excluding steroid dienone is 2. The number of hydrogen-bond donors (Lipinski definition) is 4. The highest BCUT2D eigenvalue weighted by Gasteiger charge is 2.27. The number of urea groups is 1. The molecule has 1 aromatic carbocycles. The van der Waals surface area contributed by atoms with Gasteiger partial charge >= 0.3 is 12.2 Å². The Labute approximate surface area is 205 Å². The highest BCUT2D eigenvalue weighted by atomic mass is 19.4. The molecule has 3 heterocycles. The van der Waals surface area contributed by atoms with Crippen LogP contribution >= 0.6 is 0 Å². The number of halogens is 3. The lowest BCUT2D eigenvalue weighted by Crippen LogP contribution is -2.38. The molecule has 0 radical (unpaired) electrons. The summed E-state index contributed by atoms with van der Waals surface area (Å²) in [5, 5.41) is 4.18. The normalized spacial score (nSPS) is 15.2. The van der Waals surface area contributed by atoms with Gasteiger partial charge < -0.3 is 31.7 Å². The zero-order chi connectivity index (χ0) is 25.7. The smallest absolute Gasteiger partial charge is 0.398 e. The molecule has 0 bridgehead atoms. The van der Waals surface area contributed by atoms with Crippen LogP contribution in [0.15, 0.2) is 66.8 Å². The number of benzene rings is 1. The molecule has 190 valence electrons. The van der Waals surface area contributed by atoms with Crippen LogP contribution in [0.3, 0.4) is 0 Å². The first-order valence-corrected chi connectivity index (χ1v) is 11.1. The van der Waals surface area contributed by atoms with Gasteiger partial charge in [0.2, 0.25) is 0 Å². The third-order valence-corrected chi connectivity index (χ3v) is 5.52. The van der Waals surface area contributed by atoms with Gasteiger partial charge in [0.05, 0.1) is 30.9 Å². The van der Waals surface area contributed by atoms with Crippen molar-refractivity contribution >= 4 is 23.1 Å². The second kappa shape index (κ2) is 10.6. The van der Waals surface area contributed by atoms with E-state index in [9.17, 15) is 18.0 Å². The Morgan fingerprint density at radius 2 is 1.92 bits per heavy atom. The van der Waals surface area contributed by atoms with E-state index in [2.05, 4.69) is 10.3 Å². The third kappa shape index (κ3) is 6.27. The van der Waals surface area contributed by atoms with E-state index in [-0.39, 0.29) is 0 Å². The second-order valence-electron chi connectivity index (χ2n) is 8.10. The summed E-state index contributed by atoms with van der Waals surface area (Å²) in [6, 6.07) is 9.46. The Bertz CT molecular complexity index is 1290. The van der Waals surface area contributed by atoms with Crippen molar-refractivity contribution < 1.29 is 22.7 Å². The van der Waals surface area contributed by atoms with Gasteiger partial charge in [0, 0.05) is 41.8 Å². The minimum absolute atomic E-state index is 0.343. The van der Waals surface area contributed by atoms with Crippen molar-refractivity contribution in [3.63, 3.8) is 0 Å². The molecule has 2 amide bonds. The largest absolute Gasteiger partial charge is 0.405 e. The third-order valence-electron chi connectivity index (χ3n) is 5.52. The predicted octanol–water partition coefficient (Wildman–Crippen LogP) is 3.12. The quantitative estimate of drug-likeness (QED) is 0.385. The molecule has 9 nitrogen and oxygen atoms in total. The molecule has 12 heteroatoms. The van der Waals surface area contributed by atoms with E-state index < -0.39 is 18.8 Å². The molecule has 3 aromatic rings. The van der Waals surface area contributed by atoms with Crippen molar-refractivity contribution in [2.24, 2.45) is 11.5 Å². The summed E-state index contributed by atoms with van der Waals surface area (Å²) in [4.78, 5) is 18.3. The fourth-order valence-electron chi connectivity index (χ4n) is 3.68. The lowest BCUT2D eigenvalue weighted by molar-refractivity contribution is -0.122. The van der Waals surface area contributed by atoms with Crippen LogP contribution in [0.1, 0.15) is 5.56 Å². The Morgan fingerprint density at radius 1 is 1.14 bits per heavy atom. The minimum atomic E-state index is -4.49. The Kier molecular flexibility index (Phi) is 7.34. The maximum atomic E-state index is 12.3. The number of carbonyl (C=O) groups excluding carboxylic acids is 1. The molecular formula is C24H26F3N7O2. The molecule has 2 aromatic heterocycles. The van der Waals surface area contributed by atoms with Gasteiger partial charge in [-0.25, -0.2) is 9.78 Å². The number of nitrogens with zero attached hydrogens (tertiary/aromatic N) is 3. The monoisotopic (exact) mass is 501 g/mol. The van der Waals surface area contributed by atoms with Crippen LogP contribution in [0.25, 0.3) is 22.6 Å². The lowest BCUT2D eigenvalue weighted by atomic mass is 10.1. The molecule has 1 aliphatic rings. The molecule has 0 saturated carbocycles. The van der Waals surface area contributed by atoms with E-state index in [1.807, 2.05) is 33.7 Å². The van der Waals surface area contributed by atoms with Crippen molar-refractivity contribution in [1.82, 2.24) is 19.6 Å². The number of imidazole rings is 1. The Balaban J connectivity index is 1.49. The van der Waals surface area contributed by atoms with E-state index in [0.717, 1.165) is 24.3 Å². The van der Waals surface area contributed by atoms with Crippen LogP contribution in [0, 0.1) is 0 Å². The summed E-state index contributed by atoms with van der Waals surface area (Å²) >= 11 is 0. The highest BCUT2D eigenvalue weighted by Crippen LogP contribution is 2.25. The predicted molar refractivity (Wildman–Crippen MR) is 131 cm³/mol. The molecule has 1 saturated heterocycles. The maximum Gasteiger partial charge on any atom is 0.405 e. The summed E-state index contributed by atoms with van der Waals surface area (Å²) in [7, 11) is 0. The number of anilines is 1. The molecule has 4 rings (SSSR count). The molecule has 36 heavy (non-hydrogen) atoms. The summed E-state index contributed by atoms with van der Waals surface area (Å²) < 4.78 is 44.1. The van der Waals surface area contributed by atoms with Crippen LogP contribution in [-0.2, 0) is 4.74 Å². The number of nitrogens with one attached hydrogen (secondary N) is 2. The summed E-state index contributed by atoms with van der Waals surface area (Å²) in [6.45, 7) is 1.32. The molecule has 1 fully saturated rings. The molecular weight excluding hydrogens is 475 g/mol. The molecule has 0 aliphatic carbocycles. The van der Waals surface area contributed by atoms with E-state index in [4.69, 9.17) is 16.2 Å². The summed E-state index contributed by atoms with van der Waals surface area (Å²) in [5.74, 6) is 0.617. The molecule has 0 atom stereocenters. The van der Waals surface area contributed by atoms with Crippen molar-refractivity contribution in [3.8, 4) is 11.3 Å². The van der Waals surface area contributed by atoms with Crippen LogP contribution in [0.4, 0.5) is 23.7 Å². The number of fused-ring (bicyclic) bond motifs is 1. The number of carbonyl (C=O) groups is 1. The average Bonchev–Trinajstić information content (AvgIpc) is 3.29. The number of morpholine rings is 1. The first-order chi connectivity index (χ1) is 17.2. The topological polar surface area (TPSA) is 123 Å². The van der Waals surface area contributed by atoms with E-state index in [1.165, 1.54) is 0 Å². The number of rotatable bonds is 6. The van der Waals surface area contributed by atoms with E-state index in [0.29, 0.717) is 41.6 Å².